The predicted molar refractivity (Wildman–Crippen MR) is 106 cm³/mol. The Morgan fingerprint density at radius 2 is 1.15 bits per heavy atom. The van der Waals surface area contributed by atoms with E-state index in [1.54, 1.807) is 0 Å². The number of halogens is 11. The third-order valence-corrected chi connectivity index (χ3v) is 4.32. The second-order valence-electron chi connectivity index (χ2n) is 7.16. The first kappa shape index (κ1) is 31.3. The van der Waals surface area contributed by atoms with Gasteiger partial charge in [-0.05, 0) is 48.5 Å². The Hall–Kier alpha value is -3.89. The maximum absolute atomic E-state index is 14.2. The van der Waals surface area contributed by atoms with Crippen molar-refractivity contribution in [3.63, 3.8) is 0 Å². The van der Waals surface area contributed by atoms with Crippen LogP contribution in [0.2, 0.25) is 0 Å². The normalized spacial score (nSPS) is 14.2. The molecule has 0 fully saturated rings. The minimum Gasteiger partial charge on any atom is -0.490 e. The van der Waals surface area contributed by atoms with Crippen LogP contribution in [0.15, 0.2) is 61.2 Å². The summed E-state index contributed by atoms with van der Waals surface area (Å²) >= 11 is 0. The Balaban J connectivity index is 2.17. The van der Waals surface area contributed by atoms with Gasteiger partial charge in [0.15, 0.2) is 0 Å². The topological polar surface area (TPSA) is 71.1 Å². The van der Waals surface area contributed by atoms with E-state index in [4.69, 9.17) is 9.47 Å². The molecule has 17 heteroatoms. The monoisotopic (exact) mass is 582 g/mol. The molecule has 0 heterocycles. The number of rotatable bonds is 10. The quantitative estimate of drug-likeness (QED) is 0.140. The number of esters is 2. The summed E-state index contributed by atoms with van der Waals surface area (Å²) in [5.41, 5.74) is -0.00224. The fourth-order valence-electron chi connectivity index (χ4n) is 2.38. The smallest absolute Gasteiger partial charge is 0.462 e. The van der Waals surface area contributed by atoms with Crippen LogP contribution in [0, 0.1) is 0 Å². The molecule has 0 aliphatic carbocycles. The fourth-order valence-corrected chi connectivity index (χ4v) is 2.38. The molecule has 0 radical (unpaired) electrons. The van der Waals surface area contributed by atoms with Gasteiger partial charge < -0.3 is 14.2 Å². The molecule has 2 aromatic rings. The van der Waals surface area contributed by atoms with Gasteiger partial charge >= 0.3 is 42.2 Å². The van der Waals surface area contributed by atoms with E-state index in [-0.39, 0.29) is 17.9 Å². The van der Waals surface area contributed by atoms with Gasteiger partial charge in [-0.25, -0.2) is 9.59 Å². The first-order chi connectivity index (χ1) is 17.7. The number of ether oxygens (including phenoxy) is 4. The van der Waals surface area contributed by atoms with Gasteiger partial charge in [-0.3, -0.25) is 4.74 Å². The van der Waals surface area contributed by atoms with Crippen molar-refractivity contribution >= 4 is 11.9 Å². The molecule has 2 rings (SSSR count). The number of benzene rings is 2. The number of carbonyl (C=O) groups is 2. The van der Waals surface area contributed by atoms with Gasteiger partial charge in [-0.2, -0.15) is 48.3 Å². The zero-order valence-corrected chi connectivity index (χ0v) is 18.7. The summed E-state index contributed by atoms with van der Waals surface area (Å²) in [5, 5.41) is 0. The van der Waals surface area contributed by atoms with E-state index in [0.29, 0.717) is 17.9 Å². The molecule has 214 valence electrons. The molecular weight excluding hydrogens is 569 g/mol. The average Bonchev–Trinajstić information content (AvgIpc) is 2.82. The largest absolute Gasteiger partial charge is 0.490 e. The molecule has 1 unspecified atom stereocenters. The molecule has 2 aromatic carbocycles. The van der Waals surface area contributed by atoms with Gasteiger partial charge in [0.2, 0.25) is 0 Å². The molecule has 0 aliphatic rings. The van der Waals surface area contributed by atoms with E-state index in [1.165, 1.54) is 30.3 Å². The highest BCUT2D eigenvalue weighted by Gasteiger charge is 2.80. The second-order valence-corrected chi connectivity index (χ2v) is 7.16. The molecule has 0 aliphatic heterocycles. The predicted octanol–water partition coefficient (Wildman–Crippen LogP) is 6.41. The maximum Gasteiger partial charge on any atom is 0.462 e. The van der Waals surface area contributed by atoms with E-state index in [9.17, 15) is 57.9 Å². The van der Waals surface area contributed by atoms with Crippen molar-refractivity contribution in [3.8, 4) is 17.2 Å². The molecular formula is C22H13F11O6. The first-order valence-corrected chi connectivity index (χ1v) is 9.91. The Kier molecular flexibility index (Phi) is 8.90. The number of carbonyl (C=O) groups excluding carboxylic acids is 2. The van der Waals surface area contributed by atoms with Crippen molar-refractivity contribution < 1.29 is 76.8 Å². The molecule has 39 heavy (non-hydrogen) atoms. The van der Waals surface area contributed by atoms with Crippen molar-refractivity contribution in [2.75, 3.05) is 6.61 Å². The highest BCUT2D eigenvalue weighted by atomic mass is 19.4. The first-order valence-electron chi connectivity index (χ1n) is 9.91. The van der Waals surface area contributed by atoms with E-state index in [1.807, 2.05) is 0 Å². The van der Waals surface area contributed by atoms with E-state index >= 15 is 0 Å². The average molecular weight is 582 g/mol. The molecule has 0 bridgehead atoms. The highest BCUT2D eigenvalue weighted by molar-refractivity contribution is 5.91. The lowest BCUT2D eigenvalue weighted by Gasteiger charge is -2.33. The molecule has 1 atom stereocenters. The van der Waals surface area contributed by atoms with Crippen molar-refractivity contribution in [3.05, 3.63) is 66.7 Å². The van der Waals surface area contributed by atoms with E-state index in [0.717, 1.165) is 12.1 Å². The molecule has 6 nitrogen and oxygen atoms in total. The number of hydrogen-bond acceptors (Lipinski definition) is 6. The lowest BCUT2D eigenvalue weighted by Crippen LogP contribution is -2.62. The number of hydrogen-bond donors (Lipinski definition) is 0. The van der Waals surface area contributed by atoms with Crippen LogP contribution in [-0.4, -0.2) is 48.8 Å². The molecule has 0 N–H and O–H groups in total. The Morgan fingerprint density at radius 1 is 0.692 bits per heavy atom. The van der Waals surface area contributed by atoms with Crippen LogP contribution in [-0.2, 0) is 9.53 Å². The molecule has 0 amide bonds. The fraction of sp³-hybridized carbons (Fsp3) is 0.273. The Labute approximate surface area is 210 Å². The summed E-state index contributed by atoms with van der Waals surface area (Å²) in [6.07, 6.45) is -19.8. The maximum atomic E-state index is 14.2. The Bertz CT molecular complexity index is 1170. The summed E-state index contributed by atoms with van der Waals surface area (Å²) in [4.78, 5) is 23.8. The van der Waals surface area contributed by atoms with Gasteiger partial charge in [-0.1, -0.05) is 12.7 Å². The molecule has 0 saturated heterocycles. The third kappa shape index (κ3) is 6.96. The number of alkyl halides is 11. The highest BCUT2D eigenvalue weighted by Crippen LogP contribution is 2.51. The van der Waals surface area contributed by atoms with Crippen LogP contribution >= 0.6 is 0 Å². The summed E-state index contributed by atoms with van der Waals surface area (Å²) in [7, 11) is 0. The van der Waals surface area contributed by atoms with E-state index < -0.39 is 47.9 Å². The SMILES string of the molecule is C=CCOc1ccc(C(=O)Oc2ccc(OC(=O)C(F)(OC(F)(F)C(F)(F)C(F)(F)F)C(F)(F)F)cc2)cc1. The van der Waals surface area contributed by atoms with Gasteiger partial charge in [0.05, 0.1) is 5.56 Å². The molecule has 0 saturated carbocycles. The van der Waals surface area contributed by atoms with Gasteiger partial charge in [0.1, 0.15) is 23.9 Å². The zero-order chi connectivity index (χ0) is 29.9. The van der Waals surface area contributed by atoms with Gasteiger partial charge in [-0.15, -0.1) is 0 Å². The van der Waals surface area contributed by atoms with Crippen LogP contribution in [0.25, 0.3) is 0 Å². The zero-order valence-electron chi connectivity index (χ0n) is 18.7. The lowest BCUT2D eigenvalue weighted by atomic mass is 10.2. The minimum atomic E-state index is -7.34. The van der Waals surface area contributed by atoms with E-state index in [2.05, 4.69) is 16.1 Å². The minimum absolute atomic E-state index is 0.00224. The standard InChI is InChI=1S/C22H13F11O6/c1-2-11-36-13-5-3-12(4-6-13)16(34)37-14-7-9-15(10-8-14)38-17(35)18(23,20(26,27)28)39-22(32,33)19(24,25)21(29,30)31/h2-10H,1,11H2. The second kappa shape index (κ2) is 11.1. The lowest BCUT2D eigenvalue weighted by molar-refractivity contribution is -0.474. The summed E-state index contributed by atoms with van der Waals surface area (Å²) in [6, 6.07) is 8.04. The van der Waals surface area contributed by atoms with Crippen LogP contribution in [0.5, 0.6) is 17.2 Å². The van der Waals surface area contributed by atoms with Crippen molar-refractivity contribution in [1.29, 1.82) is 0 Å². The summed E-state index contributed by atoms with van der Waals surface area (Å²) in [6.45, 7) is 3.63. The Morgan fingerprint density at radius 3 is 1.59 bits per heavy atom. The van der Waals surface area contributed by atoms with Crippen molar-refractivity contribution in [1.82, 2.24) is 0 Å². The summed E-state index contributed by atoms with van der Waals surface area (Å²) in [5.74, 6) is -19.3. The van der Waals surface area contributed by atoms with Crippen LogP contribution < -0.4 is 14.2 Å². The third-order valence-electron chi connectivity index (χ3n) is 4.32. The van der Waals surface area contributed by atoms with Crippen molar-refractivity contribution in [2.45, 2.75) is 30.2 Å². The van der Waals surface area contributed by atoms with Crippen LogP contribution in [0.3, 0.4) is 0 Å². The van der Waals surface area contributed by atoms with Gasteiger partial charge in [0.25, 0.3) is 0 Å². The van der Waals surface area contributed by atoms with Crippen molar-refractivity contribution in [2.24, 2.45) is 0 Å². The van der Waals surface area contributed by atoms with Gasteiger partial charge in [0, 0.05) is 0 Å². The van der Waals surface area contributed by atoms with Crippen LogP contribution in [0.4, 0.5) is 48.3 Å². The molecule has 0 aromatic heterocycles. The van der Waals surface area contributed by atoms with Crippen LogP contribution in [0.1, 0.15) is 10.4 Å². The molecule has 0 spiro atoms. The summed E-state index contributed by atoms with van der Waals surface area (Å²) < 4.78 is 158.